The molecule has 142 valence electrons. The molecule has 0 N–H and O–H groups in total. The van der Waals surface area contributed by atoms with E-state index >= 15 is 0 Å². The summed E-state index contributed by atoms with van der Waals surface area (Å²) >= 11 is 0. The fraction of sp³-hybridized carbons (Fsp3) is 0.238. The van der Waals surface area contributed by atoms with E-state index in [1.165, 1.54) is 0 Å². The third-order valence-electron chi connectivity index (χ3n) is 4.68. The highest BCUT2D eigenvalue weighted by atomic mass is 16.5. The van der Waals surface area contributed by atoms with Crippen LogP contribution in [0.15, 0.2) is 53.1 Å². The monoisotopic (exact) mass is 378 g/mol. The van der Waals surface area contributed by atoms with Gasteiger partial charge in [0.05, 0.1) is 6.42 Å². The van der Waals surface area contributed by atoms with E-state index in [0.29, 0.717) is 35.5 Å². The van der Waals surface area contributed by atoms with Crippen LogP contribution in [0.1, 0.15) is 28.9 Å². The van der Waals surface area contributed by atoms with Gasteiger partial charge in [0.1, 0.15) is 5.69 Å². The molecule has 28 heavy (non-hydrogen) atoms. The Morgan fingerprint density at radius 3 is 2.82 bits per heavy atom. The lowest BCUT2D eigenvalue weighted by Crippen LogP contribution is -2.24. The topological polar surface area (TPSA) is 89.7 Å². The zero-order valence-corrected chi connectivity index (χ0v) is 15.1. The molecule has 0 saturated carbocycles. The zero-order valence-electron chi connectivity index (χ0n) is 15.1. The van der Waals surface area contributed by atoms with Crippen molar-refractivity contribution in [2.75, 3.05) is 18.1 Å². The molecule has 1 aliphatic rings. The quantitative estimate of drug-likeness (QED) is 0.484. The van der Waals surface area contributed by atoms with E-state index in [0.717, 1.165) is 11.8 Å². The molecule has 0 radical (unpaired) electrons. The van der Waals surface area contributed by atoms with E-state index in [1.807, 2.05) is 18.2 Å². The highest BCUT2D eigenvalue weighted by Crippen LogP contribution is 2.22. The van der Waals surface area contributed by atoms with E-state index in [2.05, 4.69) is 5.16 Å². The van der Waals surface area contributed by atoms with E-state index < -0.39 is 5.97 Å². The minimum atomic E-state index is -0.557. The van der Waals surface area contributed by atoms with Crippen molar-refractivity contribution in [3.8, 4) is 0 Å². The molecule has 0 aliphatic carbocycles. The predicted octanol–water partition coefficient (Wildman–Crippen LogP) is 2.92. The summed E-state index contributed by atoms with van der Waals surface area (Å²) in [6, 6.07) is 14.0. The number of ether oxygens (including phenoxy) is 1. The molecular formula is C21H18N2O5. The lowest BCUT2D eigenvalue weighted by molar-refractivity contribution is -0.141. The Kier molecular flexibility index (Phi) is 4.89. The zero-order chi connectivity index (χ0) is 19.5. The molecule has 3 aromatic rings. The Bertz CT molecular complexity index is 1060. The summed E-state index contributed by atoms with van der Waals surface area (Å²) in [5.41, 5.74) is 2.16. The lowest BCUT2D eigenvalue weighted by Gasteiger charge is -2.16. The smallest absolute Gasteiger partial charge is 0.312 e. The number of aromatic nitrogens is 1. The van der Waals surface area contributed by atoms with Crippen LogP contribution < -0.4 is 4.90 Å². The number of para-hydroxylation sites is 1. The molecule has 4 rings (SSSR count). The number of Topliss-reactive ketones (excluding diaryl/α,β-unsaturated/α-hetero) is 1. The summed E-state index contributed by atoms with van der Waals surface area (Å²) in [4.78, 5) is 38.0. The molecule has 0 unspecified atom stereocenters. The van der Waals surface area contributed by atoms with Crippen LogP contribution in [0.4, 0.5) is 5.69 Å². The van der Waals surface area contributed by atoms with Crippen LogP contribution in [0.5, 0.6) is 0 Å². The summed E-state index contributed by atoms with van der Waals surface area (Å²) in [6.45, 7) is 0.281. The van der Waals surface area contributed by atoms with Crippen LogP contribution in [-0.4, -0.2) is 36.0 Å². The second kappa shape index (κ2) is 7.64. The van der Waals surface area contributed by atoms with Gasteiger partial charge in [0.25, 0.3) is 0 Å². The minimum absolute atomic E-state index is 0.0517. The Morgan fingerprint density at radius 2 is 2.00 bits per heavy atom. The summed E-state index contributed by atoms with van der Waals surface area (Å²) in [6.07, 6.45) is 1.25. The van der Waals surface area contributed by atoms with Crippen molar-refractivity contribution in [1.82, 2.24) is 5.16 Å². The highest BCUT2D eigenvalue weighted by molar-refractivity contribution is 6.01. The number of benzene rings is 2. The SMILES string of the molecule is O=C(Cc1noc2ccccc12)OCC(=O)c1cccc(N2CCCC2=O)c1. The molecule has 1 saturated heterocycles. The number of fused-ring (bicyclic) bond motifs is 1. The number of ketones is 1. The van der Waals surface area contributed by atoms with Crippen molar-refractivity contribution < 1.29 is 23.6 Å². The maximum absolute atomic E-state index is 12.4. The fourth-order valence-corrected chi connectivity index (χ4v) is 3.25. The highest BCUT2D eigenvalue weighted by Gasteiger charge is 2.22. The van der Waals surface area contributed by atoms with Gasteiger partial charge in [-0.1, -0.05) is 29.4 Å². The van der Waals surface area contributed by atoms with Crippen molar-refractivity contribution >= 4 is 34.3 Å². The van der Waals surface area contributed by atoms with Crippen LogP contribution in [0.3, 0.4) is 0 Å². The molecule has 2 heterocycles. The molecule has 1 amide bonds. The number of carbonyl (C=O) groups excluding carboxylic acids is 3. The number of hydrogen-bond acceptors (Lipinski definition) is 6. The minimum Gasteiger partial charge on any atom is -0.457 e. The molecule has 2 aromatic carbocycles. The third kappa shape index (κ3) is 3.64. The van der Waals surface area contributed by atoms with E-state index in [-0.39, 0.29) is 24.7 Å². The van der Waals surface area contributed by atoms with Crippen LogP contribution in [0.25, 0.3) is 11.0 Å². The molecule has 1 aromatic heterocycles. The van der Waals surface area contributed by atoms with Crippen LogP contribution >= 0.6 is 0 Å². The lowest BCUT2D eigenvalue weighted by atomic mass is 10.1. The fourth-order valence-electron chi connectivity index (χ4n) is 3.25. The first-order chi connectivity index (χ1) is 13.6. The second-order valence-corrected chi connectivity index (χ2v) is 6.59. The third-order valence-corrected chi connectivity index (χ3v) is 4.68. The Balaban J connectivity index is 1.37. The second-order valence-electron chi connectivity index (χ2n) is 6.59. The van der Waals surface area contributed by atoms with E-state index in [9.17, 15) is 14.4 Å². The number of anilines is 1. The first-order valence-corrected chi connectivity index (χ1v) is 9.04. The van der Waals surface area contributed by atoms with Gasteiger partial charge >= 0.3 is 5.97 Å². The number of esters is 1. The molecule has 0 atom stereocenters. The van der Waals surface area contributed by atoms with Gasteiger partial charge in [-0.3, -0.25) is 14.4 Å². The van der Waals surface area contributed by atoms with Crippen LogP contribution in [-0.2, 0) is 20.7 Å². The van der Waals surface area contributed by atoms with Crippen molar-refractivity contribution in [2.45, 2.75) is 19.3 Å². The number of nitrogens with zero attached hydrogens (tertiary/aromatic N) is 2. The Labute approximate surface area is 160 Å². The van der Waals surface area contributed by atoms with Gasteiger partial charge in [-0.2, -0.15) is 0 Å². The predicted molar refractivity (Wildman–Crippen MR) is 101 cm³/mol. The molecular weight excluding hydrogens is 360 g/mol. The van der Waals surface area contributed by atoms with Crippen LogP contribution in [0, 0.1) is 0 Å². The largest absolute Gasteiger partial charge is 0.457 e. The number of carbonyl (C=O) groups is 3. The van der Waals surface area contributed by atoms with Crippen molar-refractivity contribution in [1.29, 1.82) is 0 Å². The van der Waals surface area contributed by atoms with Crippen molar-refractivity contribution in [3.63, 3.8) is 0 Å². The summed E-state index contributed by atoms with van der Waals surface area (Å²) in [5.74, 6) is -0.832. The number of rotatable bonds is 6. The van der Waals surface area contributed by atoms with Crippen molar-refractivity contribution in [2.24, 2.45) is 0 Å². The maximum atomic E-state index is 12.4. The molecule has 1 aliphatic heterocycles. The maximum Gasteiger partial charge on any atom is 0.312 e. The van der Waals surface area contributed by atoms with E-state index in [4.69, 9.17) is 9.26 Å². The Morgan fingerprint density at radius 1 is 1.14 bits per heavy atom. The summed E-state index contributed by atoms with van der Waals surface area (Å²) in [5, 5.41) is 4.63. The van der Waals surface area contributed by atoms with Crippen molar-refractivity contribution in [3.05, 3.63) is 59.8 Å². The summed E-state index contributed by atoms with van der Waals surface area (Å²) in [7, 11) is 0. The Hall–Kier alpha value is -3.48. The van der Waals surface area contributed by atoms with Gasteiger partial charge < -0.3 is 14.2 Å². The number of hydrogen-bond donors (Lipinski definition) is 0. The molecule has 7 heteroatoms. The average Bonchev–Trinajstić information content (AvgIpc) is 3.33. The molecule has 0 spiro atoms. The van der Waals surface area contributed by atoms with Gasteiger partial charge in [-0.15, -0.1) is 0 Å². The van der Waals surface area contributed by atoms with Gasteiger partial charge in [0, 0.05) is 29.6 Å². The first kappa shape index (κ1) is 17.9. The van der Waals surface area contributed by atoms with Gasteiger partial charge in [0.15, 0.2) is 18.0 Å². The normalized spacial score (nSPS) is 13.9. The van der Waals surface area contributed by atoms with Gasteiger partial charge in [0.2, 0.25) is 5.91 Å². The van der Waals surface area contributed by atoms with E-state index in [1.54, 1.807) is 35.2 Å². The average molecular weight is 378 g/mol. The first-order valence-electron chi connectivity index (χ1n) is 9.04. The molecule has 0 bridgehead atoms. The van der Waals surface area contributed by atoms with Crippen LogP contribution in [0.2, 0.25) is 0 Å². The summed E-state index contributed by atoms with van der Waals surface area (Å²) < 4.78 is 10.3. The van der Waals surface area contributed by atoms with Gasteiger partial charge in [-0.05, 0) is 30.7 Å². The number of amides is 1. The molecule has 1 fully saturated rings. The standard InChI is InChI=1S/C21H18N2O5/c24-18(14-5-3-6-15(11-14)23-10-4-9-20(23)25)13-27-21(26)12-17-16-7-1-2-8-19(16)28-22-17/h1-3,5-8,11H,4,9-10,12-13H2. The molecule has 7 nitrogen and oxygen atoms in total. The van der Waals surface area contributed by atoms with Gasteiger partial charge in [-0.25, -0.2) is 0 Å².